The molecule has 0 unspecified atom stereocenters. The lowest BCUT2D eigenvalue weighted by Crippen LogP contribution is -2.23. The van der Waals surface area contributed by atoms with E-state index in [4.69, 9.17) is 14.3 Å². The number of aromatic nitrogens is 1. The highest BCUT2D eigenvalue weighted by Gasteiger charge is 2.22. The average Bonchev–Trinajstić information content (AvgIpc) is 2.65. The number of oxazole rings is 1. The smallest absolute Gasteiger partial charge is 0.360 e. The van der Waals surface area contributed by atoms with Gasteiger partial charge < -0.3 is 19.2 Å². The Morgan fingerprint density at radius 1 is 1.50 bits per heavy atom. The molecule has 90 valence electrons. The molecule has 0 aliphatic heterocycles. The van der Waals surface area contributed by atoms with Crippen molar-refractivity contribution in [2.75, 3.05) is 25.1 Å². The summed E-state index contributed by atoms with van der Waals surface area (Å²) in [5.41, 5.74) is -0.0595. The van der Waals surface area contributed by atoms with E-state index in [0.717, 1.165) is 0 Å². The lowest BCUT2D eigenvalue weighted by Gasteiger charge is -2.17. The summed E-state index contributed by atoms with van der Waals surface area (Å²) in [6.07, 6.45) is 0. The summed E-state index contributed by atoms with van der Waals surface area (Å²) in [5, 5.41) is 9.00. The Bertz CT molecular complexity index is 358. The van der Waals surface area contributed by atoms with Gasteiger partial charge in [0, 0.05) is 20.2 Å². The summed E-state index contributed by atoms with van der Waals surface area (Å²) < 4.78 is 10.2. The van der Waals surface area contributed by atoms with E-state index in [1.807, 2.05) is 13.8 Å². The number of rotatable bonds is 6. The molecule has 1 aromatic rings. The normalized spacial score (nSPS) is 10.4. The minimum Gasteiger partial charge on any atom is -0.476 e. The fraction of sp³-hybridized carbons (Fsp3) is 0.600. The predicted octanol–water partition coefficient (Wildman–Crippen LogP) is 1.37. The van der Waals surface area contributed by atoms with Crippen LogP contribution in [0.25, 0.3) is 0 Å². The molecule has 0 atom stereocenters. The van der Waals surface area contributed by atoms with Crippen LogP contribution in [0.5, 0.6) is 0 Å². The van der Waals surface area contributed by atoms with E-state index in [2.05, 4.69) is 4.98 Å². The lowest BCUT2D eigenvalue weighted by atomic mass is 10.4. The summed E-state index contributed by atoms with van der Waals surface area (Å²) in [6, 6.07) is 0. The number of carbonyl (C=O) groups is 1. The molecule has 1 heterocycles. The van der Waals surface area contributed by atoms with Crippen molar-refractivity contribution in [3.05, 3.63) is 11.6 Å². The Balaban J connectivity index is 3.08. The lowest BCUT2D eigenvalue weighted by molar-refractivity contribution is 0.0691. The molecular weight excluding hydrogens is 212 g/mol. The zero-order valence-corrected chi connectivity index (χ0v) is 9.69. The molecule has 0 spiro atoms. The molecule has 0 aliphatic carbocycles. The first-order valence-corrected chi connectivity index (χ1v) is 5.10. The first kappa shape index (κ1) is 12.5. The van der Waals surface area contributed by atoms with Crippen LogP contribution in [0.3, 0.4) is 0 Å². The van der Waals surface area contributed by atoms with Gasteiger partial charge in [-0.2, -0.15) is 0 Å². The van der Waals surface area contributed by atoms with Gasteiger partial charge in [0.05, 0.1) is 0 Å². The summed E-state index contributed by atoms with van der Waals surface area (Å²) in [7, 11) is 1.50. The molecule has 6 heteroatoms. The molecule has 0 bridgehead atoms. The molecule has 0 fully saturated rings. The maximum atomic E-state index is 11.0. The Morgan fingerprint density at radius 2 is 2.12 bits per heavy atom. The molecule has 1 aromatic heterocycles. The zero-order chi connectivity index (χ0) is 12.1. The molecule has 0 aromatic carbocycles. The minimum absolute atomic E-state index is 0.0595. The standard InChI is InChI=1S/C10H16N2O4/c1-4-12(5-2)9-8(10(13)14)11-7(16-9)6-15-3/h4-6H2,1-3H3,(H,13,14). The number of aromatic carboxylic acids is 1. The van der Waals surface area contributed by atoms with Gasteiger partial charge >= 0.3 is 5.97 Å². The molecule has 0 saturated carbocycles. The number of carboxylic acid groups (broad SMARTS) is 1. The van der Waals surface area contributed by atoms with Gasteiger partial charge in [-0.3, -0.25) is 0 Å². The SMILES string of the molecule is CCN(CC)c1oc(COC)nc1C(=O)O. The van der Waals surface area contributed by atoms with Gasteiger partial charge in [-0.25, -0.2) is 9.78 Å². The van der Waals surface area contributed by atoms with Gasteiger partial charge in [0.1, 0.15) is 6.61 Å². The number of nitrogens with zero attached hydrogens (tertiary/aromatic N) is 2. The van der Waals surface area contributed by atoms with Crippen molar-refractivity contribution in [2.45, 2.75) is 20.5 Å². The van der Waals surface area contributed by atoms with Crippen LogP contribution >= 0.6 is 0 Å². The van der Waals surface area contributed by atoms with Crippen LogP contribution in [0, 0.1) is 0 Å². The highest BCUT2D eigenvalue weighted by atomic mass is 16.5. The fourth-order valence-corrected chi connectivity index (χ4v) is 1.40. The number of hydrogen-bond acceptors (Lipinski definition) is 5. The van der Waals surface area contributed by atoms with Crippen molar-refractivity contribution in [1.82, 2.24) is 4.98 Å². The van der Waals surface area contributed by atoms with Crippen molar-refractivity contribution < 1.29 is 19.1 Å². The van der Waals surface area contributed by atoms with Crippen LogP contribution in [0.4, 0.5) is 5.88 Å². The van der Waals surface area contributed by atoms with E-state index in [1.54, 1.807) is 4.90 Å². The maximum Gasteiger partial charge on any atom is 0.360 e. The number of hydrogen-bond donors (Lipinski definition) is 1. The van der Waals surface area contributed by atoms with Crippen molar-refractivity contribution in [3.63, 3.8) is 0 Å². The topological polar surface area (TPSA) is 75.8 Å². The van der Waals surface area contributed by atoms with E-state index in [9.17, 15) is 4.79 Å². The predicted molar refractivity (Wildman–Crippen MR) is 57.7 cm³/mol. The van der Waals surface area contributed by atoms with Gasteiger partial charge in [0.15, 0.2) is 0 Å². The molecule has 16 heavy (non-hydrogen) atoms. The number of ether oxygens (including phenoxy) is 1. The number of anilines is 1. The van der Waals surface area contributed by atoms with Crippen molar-refractivity contribution in [3.8, 4) is 0 Å². The second-order valence-electron chi connectivity index (χ2n) is 3.17. The maximum absolute atomic E-state index is 11.0. The highest BCUT2D eigenvalue weighted by Crippen LogP contribution is 2.22. The van der Waals surface area contributed by atoms with Gasteiger partial charge in [-0.15, -0.1) is 0 Å². The van der Waals surface area contributed by atoms with Crippen LogP contribution < -0.4 is 4.90 Å². The first-order valence-electron chi connectivity index (χ1n) is 5.10. The molecule has 0 amide bonds. The van der Waals surface area contributed by atoms with E-state index in [0.29, 0.717) is 19.0 Å². The third kappa shape index (κ3) is 2.52. The van der Waals surface area contributed by atoms with Gasteiger partial charge in [0.2, 0.25) is 17.5 Å². The highest BCUT2D eigenvalue weighted by molar-refractivity contribution is 5.90. The summed E-state index contributed by atoms with van der Waals surface area (Å²) >= 11 is 0. The van der Waals surface area contributed by atoms with Gasteiger partial charge in [0.25, 0.3) is 0 Å². The molecule has 1 rings (SSSR count). The van der Waals surface area contributed by atoms with Crippen molar-refractivity contribution in [2.24, 2.45) is 0 Å². The summed E-state index contributed by atoms with van der Waals surface area (Å²) in [6.45, 7) is 5.35. The number of carboxylic acids is 1. The fourth-order valence-electron chi connectivity index (χ4n) is 1.40. The molecule has 0 radical (unpaired) electrons. The summed E-state index contributed by atoms with van der Waals surface area (Å²) in [4.78, 5) is 16.7. The first-order chi connectivity index (χ1) is 7.63. The quantitative estimate of drug-likeness (QED) is 0.792. The largest absolute Gasteiger partial charge is 0.476 e. The Kier molecular flexibility index (Phi) is 4.30. The molecule has 6 nitrogen and oxygen atoms in total. The van der Waals surface area contributed by atoms with E-state index >= 15 is 0 Å². The van der Waals surface area contributed by atoms with Crippen molar-refractivity contribution >= 4 is 11.9 Å². The van der Waals surface area contributed by atoms with Gasteiger partial charge in [-0.05, 0) is 13.8 Å². The van der Waals surface area contributed by atoms with E-state index < -0.39 is 5.97 Å². The molecular formula is C10H16N2O4. The number of methoxy groups -OCH3 is 1. The van der Waals surface area contributed by atoms with Crippen LogP contribution in [0.2, 0.25) is 0 Å². The monoisotopic (exact) mass is 228 g/mol. The minimum atomic E-state index is -1.09. The second kappa shape index (κ2) is 5.50. The molecule has 1 N–H and O–H groups in total. The molecule has 0 saturated heterocycles. The Morgan fingerprint density at radius 3 is 2.56 bits per heavy atom. The third-order valence-electron chi connectivity index (χ3n) is 2.17. The third-order valence-corrected chi connectivity index (χ3v) is 2.17. The van der Waals surface area contributed by atoms with Crippen molar-refractivity contribution in [1.29, 1.82) is 0 Å². The van der Waals surface area contributed by atoms with Crippen LogP contribution in [-0.2, 0) is 11.3 Å². The second-order valence-corrected chi connectivity index (χ2v) is 3.17. The van der Waals surface area contributed by atoms with E-state index in [1.165, 1.54) is 7.11 Å². The van der Waals surface area contributed by atoms with Crippen LogP contribution in [0.15, 0.2) is 4.42 Å². The summed E-state index contributed by atoms with van der Waals surface area (Å²) in [5.74, 6) is -0.514. The Hall–Kier alpha value is -1.56. The average molecular weight is 228 g/mol. The van der Waals surface area contributed by atoms with Crippen LogP contribution in [0.1, 0.15) is 30.2 Å². The zero-order valence-electron chi connectivity index (χ0n) is 9.69. The van der Waals surface area contributed by atoms with E-state index in [-0.39, 0.29) is 18.2 Å². The molecule has 0 aliphatic rings. The van der Waals surface area contributed by atoms with Gasteiger partial charge in [-0.1, -0.05) is 0 Å². The van der Waals surface area contributed by atoms with Crippen LogP contribution in [-0.4, -0.2) is 36.3 Å². The Labute approximate surface area is 93.8 Å².